The summed E-state index contributed by atoms with van der Waals surface area (Å²) >= 11 is 0. The van der Waals surface area contributed by atoms with E-state index in [0.29, 0.717) is 0 Å². The van der Waals surface area contributed by atoms with Crippen molar-refractivity contribution in [2.45, 2.75) is 18.4 Å². The molecule has 4 rings (SSSR count). The summed E-state index contributed by atoms with van der Waals surface area (Å²) in [4.78, 5) is 4.57. The van der Waals surface area contributed by atoms with Gasteiger partial charge in [0.05, 0.1) is 5.52 Å². The van der Waals surface area contributed by atoms with Gasteiger partial charge in [0.25, 0.3) is 0 Å². The van der Waals surface area contributed by atoms with E-state index in [0.717, 1.165) is 42.5 Å². The highest BCUT2D eigenvalue weighted by atomic mass is 19.1. The van der Waals surface area contributed by atoms with Gasteiger partial charge in [-0.15, -0.1) is 0 Å². The van der Waals surface area contributed by atoms with E-state index in [2.05, 4.69) is 39.9 Å². The van der Waals surface area contributed by atoms with Gasteiger partial charge in [-0.3, -0.25) is 4.98 Å². The van der Waals surface area contributed by atoms with Gasteiger partial charge < -0.3 is 10.6 Å². The van der Waals surface area contributed by atoms with Crippen LogP contribution >= 0.6 is 0 Å². The number of hydrogen-bond acceptors (Lipinski definition) is 3. The van der Waals surface area contributed by atoms with E-state index in [1.165, 1.54) is 5.56 Å². The van der Waals surface area contributed by atoms with Crippen LogP contribution in [0.15, 0.2) is 60.8 Å². The molecule has 2 aromatic carbocycles. The third-order valence-corrected chi connectivity index (χ3v) is 5.02. The van der Waals surface area contributed by atoms with Crippen molar-refractivity contribution in [3.8, 4) is 0 Å². The number of halogens is 1. The smallest absolute Gasteiger partial charge is 0.126 e. The second-order valence-corrected chi connectivity index (χ2v) is 6.59. The Labute approximate surface area is 147 Å². The van der Waals surface area contributed by atoms with Crippen molar-refractivity contribution in [2.75, 3.05) is 19.6 Å². The van der Waals surface area contributed by atoms with E-state index in [1.807, 2.05) is 24.4 Å². The van der Waals surface area contributed by atoms with Crippen molar-refractivity contribution in [2.24, 2.45) is 0 Å². The Hall–Kier alpha value is -2.30. The number of benzene rings is 2. The highest BCUT2D eigenvalue weighted by molar-refractivity contribution is 5.81. The number of pyridine rings is 1. The zero-order chi connectivity index (χ0) is 17.1. The first kappa shape index (κ1) is 16.2. The lowest BCUT2D eigenvalue weighted by molar-refractivity contribution is 0.358. The maximum absolute atomic E-state index is 14.5. The van der Waals surface area contributed by atoms with Gasteiger partial charge in [-0.1, -0.05) is 42.5 Å². The van der Waals surface area contributed by atoms with Crippen LogP contribution in [-0.4, -0.2) is 30.7 Å². The van der Waals surface area contributed by atoms with Crippen molar-refractivity contribution in [3.63, 3.8) is 0 Å². The highest BCUT2D eigenvalue weighted by Gasteiger charge is 2.27. The number of rotatable bonds is 4. The maximum Gasteiger partial charge on any atom is 0.126 e. The summed E-state index contributed by atoms with van der Waals surface area (Å²) in [5.74, 6) is -0.0744. The minimum atomic E-state index is -0.131. The van der Waals surface area contributed by atoms with E-state index < -0.39 is 0 Å². The molecule has 2 atom stereocenters. The van der Waals surface area contributed by atoms with Gasteiger partial charge in [0.15, 0.2) is 0 Å². The molecule has 2 heterocycles. The van der Waals surface area contributed by atoms with E-state index in [1.54, 1.807) is 12.1 Å². The summed E-state index contributed by atoms with van der Waals surface area (Å²) < 4.78 is 14.5. The molecule has 3 aromatic rings. The van der Waals surface area contributed by atoms with Gasteiger partial charge in [0, 0.05) is 43.2 Å². The Morgan fingerprint density at radius 3 is 2.76 bits per heavy atom. The van der Waals surface area contributed by atoms with Crippen molar-refractivity contribution in [3.05, 3.63) is 77.7 Å². The standard InChI is InChI=1S/C21H22FN3/c22-19-9-2-1-8-17(19)18(20-14-23-11-12-24-20)13-16-6-3-5-15-7-4-10-25-21(15)16/h1-10,18,20,23-24H,11-14H2. The summed E-state index contributed by atoms with van der Waals surface area (Å²) in [7, 11) is 0. The van der Waals surface area contributed by atoms with Crippen LogP contribution < -0.4 is 10.6 Å². The monoisotopic (exact) mass is 335 g/mol. The van der Waals surface area contributed by atoms with E-state index in [-0.39, 0.29) is 17.8 Å². The maximum atomic E-state index is 14.5. The molecular weight excluding hydrogens is 313 g/mol. The zero-order valence-corrected chi connectivity index (χ0v) is 14.1. The lowest BCUT2D eigenvalue weighted by atomic mass is 9.84. The van der Waals surface area contributed by atoms with Crippen molar-refractivity contribution in [1.29, 1.82) is 0 Å². The lowest BCUT2D eigenvalue weighted by Crippen LogP contribution is -2.51. The molecule has 1 aromatic heterocycles. The molecular formula is C21H22FN3. The topological polar surface area (TPSA) is 37.0 Å². The minimum Gasteiger partial charge on any atom is -0.314 e. The predicted molar refractivity (Wildman–Crippen MR) is 99.2 cm³/mol. The molecule has 0 amide bonds. The number of nitrogens with one attached hydrogen (secondary N) is 2. The van der Waals surface area contributed by atoms with Crippen LogP contribution in [0.5, 0.6) is 0 Å². The Morgan fingerprint density at radius 2 is 1.92 bits per heavy atom. The minimum absolute atomic E-state index is 0.0570. The quantitative estimate of drug-likeness (QED) is 0.768. The Bertz CT molecular complexity index is 853. The molecule has 1 aliphatic heterocycles. The van der Waals surface area contributed by atoms with Gasteiger partial charge in [-0.2, -0.15) is 0 Å². The number of nitrogens with zero attached hydrogens (tertiary/aromatic N) is 1. The molecule has 128 valence electrons. The summed E-state index contributed by atoms with van der Waals surface area (Å²) in [6, 6.07) is 17.6. The third-order valence-electron chi connectivity index (χ3n) is 5.02. The fraction of sp³-hybridized carbons (Fsp3) is 0.286. The van der Waals surface area contributed by atoms with Gasteiger partial charge >= 0.3 is 0 Å². The van der Waals surface area contributed by atoms with Crippen LogP contribution in [0.4, 0.5) is 4.39 Å². The van der Waals surface area contributed by atoms with Gasteiger partial charge in [-0.05, 0) is 29.7 Å². The molecule has 0 aliphatic carbocycles. The zero-order valence-electron chi connectivity index (χ0n) is 14.1. The second-order valence-electron chi connectivity index (χ2n) is 6.59. The average molecular weight is 335 g/mol. The van der Waals surface area contributed by atoms with Crippen LogP contribution in [-0.2, 0) is 6.42 Å². The number of aromatic nitrogens is 1. The normalized spacial score (nSPS) is 19.0. The summed E-state index contributed by atoms with van der Waals surface area (Å²) in [6.45, 7) is 2.71. The fourth-order valence-corrected chi connectivity index (χ4v) is 3.77. The van der Waals surface area contributed by atoms with Crippen LogP contribution in [0.3, 0.4) is 0 Å². The molecule has 25 heavy (non-hydrogen) atoms. The third kappa shape index (κ3) is 3.41. The molecule has 0 saturated carbocycles. The molecule has 2 unspecified atom stereocenters. The second kappa shape index (κ2) is 7.30. The predicted octanol–water partition coefficient (Wildman–Crippen LogP) is 3.26. The Morgan fingerprint density at radius 1 is 1.04 bits per heavy atom. The first-order valence-electron chi connectivity index (χ1n) is 8.84. The largest absolute Gasteiger partial charge is 0.314 e. The Balaban J connectivity index is 1.74. The summed E-state index contributed by atoms with van der Waals surface area (Å²) in [5.41, 5.74) is 2.95. The molecule has 0 radical (unpaired) electrons. The highest BCUT2D eigenvalue weighted by Crippen LogP contribution is 2.29. The average Bonchev–Trinajstić information content (AvgIpc) is 2.68. The molecule has 4 heteroatoms. The summed E-state index contributed by atoms with van der Waals surface area (Å²) in [6.07, 6.45) is 2.58. The molecule has 1 aliphatic rings. The number of hydrogen-bond donors (Lipinski definition) is 2. The van der Waals surface area contributed by atoms with Gasteiger partial charge in [0.2, 0.25) is 0 Å². The number of para-hydroxylation sites is 1. The fourth-order valence-electron chi connectivity index (χ4n) is 3.77. The first-order valence-corrected chi connectivity index (χ1v) is 8.84. The number of fused-ring (bicyclic) bond motifs is 1. The first-order chi connectivity index (χ1) is 12.3. The van der Waals surface area contributed by atoms with Crippen molar-refractivity contribution >= 4 is 10.9 Å². The summed E-state index contributed by atoms with van der Waals surface area (Å²) in [5, 5.41) is 8.12. The molecule has 3 nitrogen and oxygen atoms in total. The lowest BCUT2D eigenvalue weighted by Gasteiger charge is -2.32. The van der Waals surface area contributed by atoms with E-state index in [9.17, 15) is 4.39 Å². The SMILES string of the molecule is Fc1ccccc1C(Cc1cccc2cccnc12)C1CNCCN1. The van der Waals surface area contributed by atoms with Gasteiger partial charge in [-0.25, -0.2) is 4.39 Å². The van der Waals surface area contributed by atoms with Crippen molar-refractivity contribution in [1.82, 2.24) is 15.6 Å². The molecule has 0 spiro atoms. The van der Waals surface area contributed by atoms with E-state index in [4.69, 9.17) is 0 Å². The van der Waals surface area contributed by atoms with E-state index >= 15 is 0 Å². The molecule has 1 saturated heterocycles. The molecule has 0 bridgehead atoms. The number of piperazine rings is 1. The van der Waals surface area contributed by atoms with Crippen molar-refractivity contribution < 1.29 is 4.39 Å². The molecule has 1 fully saturated rings. The molecule has 2 N–H and O–H groups in total. The van der Waals surface area contributed by atoms with Gasteiger partial charge in [0.1, 0.15) is 5.82 Å². The Kier molecular flexibility index (Phi) is 4.72. The van der Waals surface area contributed by atoms with Crippen LogP contribution in [0.1, 0.15) is 17.0 Å². The van der Waals surface area contributed by atoms with Crippen LogP contribution in [0, 0.1) is 5.82 Å². The van der Waals surface area contributed by atoms with Crippen LogP contribution in [0.2, 0.25) is 0 Å². The van der Waals surface area contributed by atoms with Crippen LogP contribution in [0.25, 0.3) is 10.9 Å².